The van der Waals surface area contributed by atoms with Gasteiger partial charge in [0.05, 0.1) is 27.8 Å². The van der Waals surface area contributed by atoms with E-state index < -0.39 is 0 Å². The molecule has 0 fully saturated rings. The van der Waals surface area contributed by atoms with Gasteiger partial charge >= 0.3 is 0 Å². The third-order valence-electron chi connectivity index (χ3n) is 11.6. The van der Waals surface area contributed by atoms with Crippen molar-refractivity contribution in [3.8, 4) is 27.9 Å². The average molecular weight is 759 g/mol. The van der Waals surface area contributed by atoms with E-state index in [1.165, 1.54) is 47.6 Å². The third-order valence-corrected chi connectivity index (χ3v) is 12.7. The number of hydrogen-bond acceptors (Lipinski definition) is 3. The van der Waals surface area contributed by atoms with Crippen LogP contribution in [0.15, 0.2) is 211 Å². The van der Waals surface area contributed by atoms with Gasteiger partial charge in [-0.2, -0.15) is 0 Å². The molecule has 0 aliphatic carbocycles. The average Bonchev–Trinajstić information content (AvgIpc) is 3.97. The van der Waals surface area contributed by atoms with Crippen LogP contribution in [-0.4, -0.2) is 4.57 Å². The molecule has 0 saturated heterocycles. The van der Waals surface area contributed by atoms with Gasteiger partial charge in [0, 0.05) is 53.3 Å². The Morgan fingerprint density at radius 2 is 1.05 bits per heavy atom. The Morgan fingerprint density at radius 1 is 0.397 bits per heavy atom. The Balaban J connectivity index is 1.26. The summed E-state index contributed by atoms with van der Waals surface area (Å²) in [5.74, 6) is 0. The highest BCUT2D eigenvalue weighted by atomic mass is 32.1. The summed E-state index contributed by atoms with van der Waals surface area (Å²) in [6.07, 6.45) is 0. The largest absolute Gasteiger partial charge is 0.456 e. The first-order valence-corrected chi connectivity index (χ1v) is 20.5. The molecule has 12 rings (SSSR count). The smallest absolute Gasteiger partial charge is 0.137 e. The van der Waals surface area contributed by atoms with E-state index in [2.05, 4.69) is 210 Å². The molecule has 58 heavy (non-hydrogen) atoms. The zero-order valence-electron chi connectivity index (χ0n) is 31.3. The summed E-state index contributed by atoms with van der Waals surface area (Å²) in [5, 5.41) is 7.13. The van der Waals surface area contributed by atoms with Crippen LogP contribution in [0.4, 0.5) is 17.1 Å². The van der Waals surface area contributed by atoms with Crippen molar-refractivity contribution in [1.29, 1.82) is 0 Å². The van der Waals surface area contributed by atoms with Crippen LogP contribution in [-0.2, 0) is 0 Å². The number of para-hydroxylation sites is 3. The monoisotopic (exact) mass is 758 g/mol. The second-order valence-electron chi connectivity index (χ2n) is 14.9. The summed E-state index contributed by atoms with van der Waals surface area (Å²) in [6.45, 7) is 0. The van der Waals surface area contributed by atoms with Crippen molar-refractivity contribution in [2.45, 2.75) is 0 Å². The minimum atomic E-state index is 0.864. The fourth-order valence-electron chi connectivity index (χ4n) is 9.03. The Labute approximate surface area is 338 Å². The lowest BCUT2D eigenvalue weighted by atomic mass is 9.95. The fourth-order valence-corrected chi connectivity index (χ4v) is 10.2. The van der Waals surface area contributed by atoms with E-state index in [-0.39, 0.29) is 0 Å². The molecule has 0 bridgehead atoms. The van der Waals surface area contributed by atoms with Crippen molar-refractivity contribution in [3.63, 3.8) is 0 Å². The normalized spacial score (nSPS) is 11.8. The molecule has 4 heteroatoms. The van der Waals surface area contributed by atoms with Gasteiger partial charge in [-0.25, -0.2) is 0 Å². The summed E-state index contributed by atoms with van der Waals surface area (Å²) in [5.41, 5.74) is 13.1. The highest BCUT2D eigenvalue weighted by Gasteiger charge is 2.26. The molecular formula is C54H34N2OS. The molecule has 0 spiro atoms. The van der Waals surface area contributed by atoms with Gasteiger partial charge in [-0.3, -0.25) is 0 Å². The number of thiophene rings is 1. The van der Waals surface area contributed by atoms with E-state index in [4.69, 9.17) is 4.42 Å². The highest BCUT2D eigenvalue weighted by molar-refractivity contribution is 7.25. The summed E-state index contributed by atoms with van der Waals surface area (Å²) in [4.78, 5) is 2.44. The maximum Gasteiger partial charge on any atom is 0.137 e. The number of anilines is 3. The molecule has 0 N–H and O–H groups in total. The maximum atomic E-state index is 6.57. The van der Waals surface area contributed by atoms with E-state index in [9.17, 15) is 0 Å². The minimum absolute atomic E-state index is 0.864. The van der Waals surface area contributed by atoms with E-state index in [0.717, 1.165) is 61.3 Å². The number of aromatic nitrogens is 1. The van der Waals surface area contributed by atoms with Crippen LogP contribution in [0.25, 0.3) is 91.9 Å². The van der Waals surface area contributed by atoms with Gasteiger partial charge in [-0.15, -0.1) is 11.3 Å². The molecule has 0 radical (unpaired) electrons. The van der Waals surface area contributed by atoms with Crippen LogP contribution in [0.3, 0.4) is 0 Å². The highest BCUT2D eigenvalue weighted by Crippen LogP contribution is 2.49. The topological polar surface area (TPSA) is 21.3 Å². The lowest BCUT2D eigenvalue weighted by Crippen LogP contribution is -2.11. The van der Waals surface area contributed by atoms with Gasteiger partial charge in [0.1, 0.15) is 11.2 Å². The summed E-state index contributed by atoms with van der Waals surface area (Å²) in [7, 11) is 0. The van der Waals surface area contributed by atoms with Gasteiger partial charge < -0.3 is 13.9 Å². The second kappa shape index (κ2) is 13.1. The van der Waals surface area contributed by atoms with E-state index in [0.29, 0.717) is 0 Å². The van der Waals surface area contributed by atoms with Gasteiger partial charge in [0.2, 0.25) is 0 Å². The van der Waals surface area contributed by atoms with Crippen LogP contribution in [0, 0.1) is 0 Å². The van der Waals surface area contributed by atoms with Crippen molar-refractivity contribution >= 4 is 92.3 Å². The molecule has 3 heterocycles. The van der Waals surface area contributed by atoms with E-state index in [1.807, 2.05) is 17.4 Å². The second-order valence-corrected chi connectivity index (χ2v) is 15.9. The van der Waals surface area contributed by atoms with Crippen molar-refractivity contribution < 1.29 is 4.42 Å². The third kappa shape index (κ3) is 5.05. The van der Waals surface area contributed by atoms with Gasteiger partial charge in [0.25, 0.3) is 0 Å². The molecule has 0 unspecified atom stereocenters. The molecule has 0 amide bonds. The number of fused-ring (bicyclic) bond motifs is 9. The Hall–Kier alpha value is -7.40. The predicted molar refractivity (Wildman–Crippen MR) is 247 cm³/mol. The fraction of sp³-hybridized carbons (Fsp3) is 0. The van der Waals surface area contributed by atoms with Crippen LogP contribution in [0.5, 0.6) is 0 Å². The number of nitrogens with zero attached hydrogens (tertiary/aromatic N) is 2. The molecule has 0 atom stereocenters. The Bertz CT molecular complexity index is 3510. The van der Waals surface area contributed by atoms with Crippen LogP contribution < -0.4 is 4.90 Å². The van der Waals surface area contributed by atoms with Crippen LogP contribution in [0.1, 0.15) is 0 Å². The predicted octanol–water partition coefficient (Wildman–Crippen LogP) is 15.9. The van der Waals surface area contributed by atoms with E-state index >= 15 is 0 Å². The summed E-state index contributed by atoms with van der Waals surface area (Å²) < 4.78 is 11.7. The molecule has 272 valence electrons. The summed E-state index contributed by atoms with van der Waals surface area (Å²) in [6, 6.07) is 74.5. The Kier molecular flexibility index (Phi) is 7.40. The number of benzene rings is 9. The zero-order chi connectivity index (χ0) is 38.2. The van der Waals surface area contributed by atoms with Gasteiger partial charge in [-0.05, 0) is 83.4 Å². The number of hydrogen-bond donors (Lipinski definition) is 0. The van der Waals surface area contributed by atoms with Gasteiger partial charge in [0.15, 0.2) is 0 Å². The molecular weight excluding hydrogens is 725 g/mol. The Morgan fingerprint density at radius 3 is 1.88 bits per heavy atom. The van der Waals surface area contributed by atoms with E-state index in [1.54, 1.807) is 0 Å². The van der Waals surface area contributed by atoms with Crippen molar-refractivity contribution in [2.75, 3.05) is 4.90 Å². The quantitative estimate of drug-likeness (QED) is 0.168. The van der Waals surface area contributed by atoms with Crippen molar-refractivity contribution in [2.24, 2.45) is 0 Å². The first-order chi connectivity index (χ1) is 28.8. The minimum Gasteiger partial charge on any atom is -0.456 e. The molecule has 0 saturated carbocycles. The molecule has 3 aromatic heterocycles. The maximum absolute atomic E-state index is 6.57. The first-order valence-electron chi connectivity index (χ1n) is 19.7. The molecule has 0 aliphatic rings. The lowest BCUT2D eigenvalue weighted by molar-refractivity contribution is 0.669. The molecule has 0 aliphatic heterocycles. The van der Waals surface area contributed by atoms with Crippen molar-refractivity contribution in [3.05, 3.63) is 206 Å². The SMILES string of the molecule is c1ccc(-c2cc(-c3ccccc3)c3c(c2)c2cccc(N(c4ccccc4)c4ccc5c(c4)sc4ccccc45)c2n3-c2cccc3oc4ccccc4c23)cc1. The summed E-state index contributed by atoms with van der Waals surface area (Å²) >= 11 is 1.85. The van der Waals surface area contributed by atoms with Crippen molar-refractivity contribution in [1.82, 2.24) is 4.57 Å². The standard InChI is InChI=1S/C54H34N2OS/c1-4-16-35(17-5-1)37-32-44(36-18-6-2-7-19-36)53-45(33-37)42-24-14-26-47(54(42)56(53)46-25-15-28-49-52(46)43-23-10-12-27-48(43)57-49)55(38-20-8-3-9-21-38)39-30-31-41-40-22-11-13-29-50(40)58-51(41)34-39/h1-34H. The molecule has 12 aromatic rings. The lowest BCUT2D eigenvalue weighted by Gasteiger charge is -2.27. The van der Waals surface area contributed by atoms with Gasteiger partial charge in [-0.1, -0.05) is 140 Å². The van der Waals surface area contributed by atoms with Crippen LogP contribution >= 0.6 is 11.3 Å². The number of rotatable bonds is 6. The number of furan rings is 1. The molecule has 9 aromatic carbocycles. The molecule has 3 nitrogen and oxygen atoms in total. The zero-order valence-corrected chi connectivity index (χ0v) is 32.2. The van der Waals surface area contributed by atoms with Crippen LogP contribution in [0.2, 0.25) is 0 Å². The first kappa shape index (κ1) is 32.8.